The Bertz CT molecular complexity index is 304. The van der Waals surface area contributed by atoms with E-state index in [1.54, 1.807) is 6.07 Å². The van der Waals surface area contributed by atoms with Gasteiger partial charge in [0.25, 0.3) is 0 Å². The summed E-state index contributed by atoms with van der Waals surface area (Å²) < 4.78 is 0. The lowest BCUT2D eigenvalue weighted by atomic mass is 10.2. The maximum Gasteiger partial charge on any atom is 0.0637 e. The van der Waals surface area contributed by atoms with E-state index in [0.717, 1.165) is 5.56 Å². The third kappa shape index (κ3) is 3.14. The van der Waals surface area contributed by atoms with Gasteiger partial charge in [0, 0.05) is 12.6 Å². The van der Waals surface area contributed by atoms with Crippen molar-refractivity contribution in [2.24, 2.45) is 0 Å². The molecule has 0 unspecified atom stereocenters. The molecule has 0 saturated heterocycles. The van der Waals surface area contributed by atoms with Crippen molar-refractivity contribution in [1.29, 1.82) is 0 Å². The van der Waals surface area contributed by atoms with Crippen LogP contribution < -0.4 is 5.32 Å². The summed E-state index contributed by atoms with van der Waals surface area (Å²) in [6.45, 7) is 2.62. The van der Waals surface area contributed by atoms with E-state index < -0.39 is 0 Å². The van der Waals surface area contributed by atoms with Gasteiger partial charge in [-0.25, -0.2) is 0 Å². The summed E-state index contributed by atoms with van der Waals surface area (Å²) in [5, 5.41) is 13.1. The van der Waals surface area contributed by atoms with Crippen LogP contribution in [0.1, 0.15) is 12.5 Å². The maximum absolute atomic E-state index is 8.82. The van der Waals surface area contributed by atoms with Crippen LogP contribution in [0.5, 0.6) is 0 Å². The van der Waals surface area contributed by atoms with Crippen LogP contribution >= 0.6 is 23.2 Å². The molecule has 1 aromatic carbocycles. The molecule has 0 aliphatic rings. The number of hydrogen-bond acceptors (Lipinski definition) is 2. The fraction of sp³-hybridized carbons (Fsp3) is 0.400. The van der Waals surface area contributed by atoms with E-state index in [0.29, 0.717) is 16.6 Å². The molecule has 4 heteroatoms. The molecule has 1 rings (SSSR count). The molecular formula is C10H13Cl2NO. The van der Waals surface area contributed by atoms with Gasteiger partial charge in [-0.1, -0.05) is 35.3 Å². The third-order valence-corrected chi connectivity index (χ3v) is 2.80. The largest absolute Gasteiger partial charge is 0.395 e. The lowest BCUT2D eigenvalue weighted by Gasteiger charge is -2.11. The van der Waals surface area contributed by atoms with Crippen molar-refractivity contribution >= 4 is 23.2 Å². The maximum atomic E-state index is 8.82. The Balaban J connectivity index is 2.63. The van der Waals surface area contributed by atoms with Gasteiger partial charge in [0.1, 0.15) is 0 Å². The fourth-order valence-corrected chi connectivity index (χ4v) is 1.42. The van der Waals surface area contributed by atoms with E-state index in [2.05, 4.69) is 5.32 Å². The zero-order valence-corrected chi connectivity index (χ0v) is 9.44. The van der Waals surface area contributed by atoms with Gasteiger partial charge in [-0.3, -0.25) is 0 Å². The van der Waals surface area contributed by atoms with Crippen molar-refractivity contribution in [3.8, 4) is 0 Å². The molecule has 0 amide bonds. The van der Waals surface area contributed by atoms with Crippen LogP contribution in [-0.2, 0) is 6.54 Å². The molecule has 0 saturated carbocycles. The Morgan fingerprint density at radius 3 is 2.79 bits per heavy atom. The second-order valence-electron chi connectivity index (χ2n) is 3.18. The Morgan fingerprint density at radius 2 is 2.14 bits per heavy atom. The molecule has 2 nitrogen and oxygen atoms in total. The quantitative estimate of drug-likeness (QED) is 0.838. The highest BCUT2D eigenvalue weighted by Crippen LogP contribution is 2.25. The predicted molar refractivity (Wildman–Crippen MR) is 59.8 cm³/mol. The Hall–Kier alpha value is -0.280. The van der Waals surface area contributed by atoms with Crippen LogP contribution in [-0.4, -0.2) is 17.8 Å². The monoisotopic (exact) mass is 233 g/mol. The molecule has 0 aliphatic carbocycles. The summed E-state index contributed by atoms with van der Waals surface area (Å²) in [6.07, 6.45) is 0. The SMILES string of the molecule is C[C@H](CO)NCc1cccc(Cl)c1Cl. The van der Waals surface area contributed by atoms with Crippen molar-refractivity contribution in [2.45, 2.75) is 19.5 Å². The molecule has 1 aromatic rings. The molecular weight excluding hydrogens is 221 g/mol. The first kappa shape index (κ1) is 11.8. The number of nitrogens with one attached hydrogen (secondary N) is 1. The number of benzene rings is 1. The highest BCUT2D eigenvalue weighted by molar-refractivity contribution is 6.42. The van der Waals surface area contributed by atoms with Crippen LogP contribution in [0.15, 0.2) is 18.2 Å². The van der Waals surface area contributed by atoms with Crippen molar-refractivity contribution in [3.05, 3.63) is 33.8 Å². The molecule has 1 atom stereocenters. The first-order valence-electron chi connectivity index (χ1n) is 4.42. The van der Waals surface area contributed by atoms with Gasteiger partial charge in [-0.05, 0) is 18.6 Å². The molecule has 0 aromatic heterocycles. The first-order valence-corrected chi connectivity index (χ1v) is 5.18. The zero-order chi connectivity index (χ0) is 10.6. The van der Waals surface area contributed by atoms with Crippen LogP contribution in [0.25, 0.3) is 0 Å². The number of rotatable bonds is 4. The van der Waals surface area contributed by atoms with Gasteiger partial charge in [-0.15, -0.1) is 0 Å². The standard InChI is InChI=1S/C10H13Cl2NO/c1-7(6-14)13-5-8-3-2-4-9(11)10(8)12/h2-4,7,13-14H,5-6H2,1H3/t7-/m1/s1. The van der Waals surface area contributed by atoms with Crippen molar-refractivity contribution < 1.29 is 5.11 Å². The van der Waals surface area contributed by atoms with Crippen molar-refractivity contribution in [3.63, 3.8) is 0 Å². The first-order chi connectivity index (χ1) is 6.65. The van der Waals surface area contributed by atoms with Gasteiger partial charge < -0.3 is 10.4 Å². The van der Waals surface area contributed by atoms with E-state index in [-0.39, 0.29) is 12.6 Å². The molecule has 0 bridgehead atoms. The highest BCUT2D eigenvalue weighted by atomic mass is 35.5. The summed E-state index contributed by atoms with van der Waals surface area (Å²) in [5.74, 6) is 0. The second kappa shape index (κ2) is 5.56. The Morgan fingerprint density at radius 1 is 1.43 bits per heavy atom. The van der Waals surface area contributed by atoms with E-state index in [1.807, 2.05) is 19.1 Å². The Kier molecular flexibility index (Phi) is 4.69. The topological polar surface area (TPSA) is 32.3 Å². The average Bonchev–Trinajstić information content (AvgIpc) is 2.20. The van der Waals surface area contributed by atoms with Crippen molar-refractivity contribution in [1.82, 2.24) is 5.32 Å². The highest BCUT2D eigenvalue weighted by Gasteiger charge is 2.05. The molecule has 2 N–H and O–H groups in total. The lowest BCUT2D eigenvalue weighted by molar-refractivity contribution is 0.251. The molecule has 0 spiro atoms. The molecule has 0 fully saturated rings. The second-order valence-corrected chi connectivity index (χ2v) is 3.96. The summed E-state index contributed by atoms with van der Waals surface area (Å²) in [5.41, 5.74) is 0.944. The van der Waals surface area contributed by atoms with E-state index in [1.165, 1.54) is 0 Å². The lowest BCUT2D eigenvalue weighted by Crippen LogP contribution is -2.28. The van der Waals surface area contributed by atoms with E-state index in [4.69, 9.17) is 28.3 Å². The minimum absolute atomic E-state index is 0.0602. The fourth-order valence-electron chi connectivity index (χ4n) is 1.03. The summed E-state index contributed by atoms with van der Waals surface area (Å²) in [4.78, 5) is 0. The Labute approximate surface area is 93.8 Å². The molecule has 0 aliphatic heterocycles. The van der Waals surface area contributed by atoms with Gasteiger partial charge in [0.2, 0.25) is 0 Å². The van der Waals surface area contributed by atoms with Gasteiger partial charge in [0.15, 0.2) is 0 Å². The van der Waals surface area contributed by atoms with E-state index >= 15 is 0 Å². The normalized spacial score (nSPS) is 12.9. The van der Waals surface area contributed by atoms with Crippen LogP contribution in [0.3, 0.4) is 0 Å². The summed E-state index contributed by atoms with van der Waals surface area (Å²) in [6, 6.07) is 5.58. The predicted octanol–water partition coefficient (Wildman–Crippen LogP) is 2.46. The van der Waals surface area contributed by atoms with Gasteiger partial charge in [-0.2, -0.15) is 0 Å². The van der Waals surface area contributed by atoms with Gasteiger partial charge in [0.05, 0.1) is 16.7 Å². The minimum atomic E-state index is 0.0602. The summed E-state index contributed by atoms with van der Waals surface area (Å²) in [7, 11) is 0. The number of halogens is 2. The number of aliphatic hydroxyl groups excluding tert-OH is 1. The number of hydrogen-bond donors (Lipinski definition) is 2. The minimum Gasteiger partial charge on any atom is -0.395 e. The zero-order valence-electron chi connectivity index (χ0n) is 7.93. The van der Waals surface area contributed by atoms with Crippen molar-refractivity contribution in [2.75, 3.05) is 6.61 Å². The third-order valence-electron chi connectivity index (χ3n) is 1.95. The van der Waals surface area contributed by atoms with Gasteiger partial charge >= 0.3 is 0 Å². The molecule has 0 heterocycles. The molecule has 0 radical (unpaired) electrons. The van der Waals surface area contributed by atoms with Crippen LogP contribution in [0.4, 0.5) is 0 Å². The van der Waals surface area contributed by atoms with Crippen LogP contribution in [0.2, 0.25) is 10.0 Å². The van der Waals surface area contributed by atoms with Crippen LogP contribution in [0, 0.1) is 0 Å². The van der Waals surface area contributed by atoms with E-state index in [9.17, 15) is 0 Å². The smallest absolute Gasteiger partial charge is 0.0637 e. The number of aliphatic hydroxyl groups is 1. The summed E-state index contributed by atoms with van der Waals surface area (Å²) >= 11 is 11.8. The molecule has 14 heavy (non-hydrogen) atoms. The molecule has 78 valence electrons. The average molecular weight is 234 g/mol.